The summed E-state index contributed by atoms with van der Waals surface area (Å²) in [6.45, 7) is 0. The predicted octanol–water partition coefficient (Wildman–Crippen LogP) is 14.3. The van der Waals surface area contributed by atoms with E-state index in [-0.39, 0.29) is 0 Å². The molecule has 0 bridgehead atoms. The smallest absolute Gasteiger partial charge is 0.160 e. The number of rotatable bonds is 4. The maximum Gasteiger partial charge on any atom is 0.160 e. The number of hydrogen-bond donors (Lipinski definition) is 0. The zero-order valence-corrected chi connectivity index (χ0v) is 34.1. The summed E-state index contributed by atoms with van der Waals surface area (Å²) >= 11 is 1.88. The molecule has 11 aromatic rings. The van der Waals surface area contributed by atoms with Crippen LogP contribution >= 0.6 is 11.3 Å². The molecule has 1 atom stereocenters. The van der Waals surface area contributed by atoms with Crippen molar-refractivity contribution in [1.29, 1.82) is 0 Å². The van der Waals surface area contributed by atoms with E-state index in [4.69, 9.17) is 15.0 Å². The lowest BCUT2D eigenvalue weighted by molar-refractivity contribution is 0.777. The second-order valence-electron chi connectivity index (χ2n) is 16.1. The molecule has 0 aliphatic heterocycles. The molecule has 0 radical (unpaired) electrons. The SMILES string of the molecule is c1ccc(-c2cc(-c3ccc(-c4cccnc4)nc3)nc(-c3ccc4c(c3)C3(c5ccccc5-c5ccccc5-4)c4ccccc4-c4cc5c(cc43)sc3ccccc35)n2)cc1. The van der Waals surface area contributed by atoms with Crippen molar-refractivity contribution in [2.75, 3.05) is 0 Å². The Morgan fingerprint density at radius 3 is 1.71 bits per heavy atom. The van der Waals surface area contributed by atoms with Crippen molar-refractivity contribution in [2.45, 2.75) is 5.41 Å². The van der Waals surface area contributed by atoms with E-state index < -0.39 is 5.41 Å². The largest absolute Gasteiger partial charge is 0.264 e. The molecule has 62 heavy (non-hydrogen) atoms. The van der Waals surface area contributed by atoms with Gasteiger partial charge >= 0.3 is 0 Å². The third-order valence-electron chi connectivity index (χ3n) is 12.9. The van der Waals surface area contributed by atoms with Crippen LogP contribution in [0.25, 0.3) is 98.7 Å². The van der Waals surface area contributed by atoms with Crippen molar-refractivity contribution >= 4 is 31.5 Å². The summed E-state index contributed by atoms with van der Waals surface area (Å²) in [5, 5.41) is 2.61. The monoisotopic (exact) mass is 806 g/mol. The molecule has 0 amide bonds. The van der Waals surface area contributed by atoms with Gasteiger partial charge in [-0.25, -0.2) is 9.97 Å². The van der Waals surface area contributed by atoms with Gasteiger partial charge in [0.2, 0.25) is 0 Å². The molecule has 1 spiro atoms. The van der Waals surface area contributed by atoms with Crippen LogP contribution in [0.5, 0.6) is 0 Å². The van der Waals surface area contributed by atoms with Crippen LogP contribution in [0, 0.1) is 0 Å². The number of thiophene rings is 1. The maximum atomic E-state index is 5.37. The van der Waals surface area contributed by atoms with Crippen LogP contribution in [-0.2, 0) is 5.41 Å². The highest BCUT2D eigenvalue weighted by Crippen LogP contribution is 2.62. The van der Waals surface area contributed by atoms with Crippen molar-refractivity contribution in [3.63, 3.8) is 0 Å². The first-order valence-corrected chi connectivity index (χ1v) is 21.8. The van der Waals surface area contributed by atoms with Gasteiger partial charge < -0.3 is 0 Å². The van der Waals surface area contributed by atoms with Crippen molar-refractivity contribution in [3.05, 3.63) is 229 Å². The van der Waals surface area contributed by atoms with Crippen molar-refractivity contribution < 1.29 is 0 Å². The van der Waals surface area contributed by atoms with E-state index in [0.717, 1.165) is 39.3 Å². The summed E-state index contributed by atoms with van der Waals surface area (Å²) in [5.41, 5.74) is 18.3. The lowest BCUT2D eigenvalue weighted by Gasteiger charge is -2.35. The molecule has 288 valence electrons. The van der Waals surface area contributed by atoms with E-state index in [1.807, 2.05) is 48.0 Å². The van der Waals surface area contributed by atoms with Gasteiger partial charge in [-0.1, -0.05) is 133 Å². The van der Waals surface area contributed by atoms with Crippen LogP contribution in [0.4, 0.5) is 0 Å². The highest BCUT2D eigenvalue weighted by molar-refractivity contribution is 7.25. The zero-order valence-electron chi connectivity index (χ0n) is 33.3. The lowest BCUT2D eigenvalue weighted by atomic mass is 9.65. The third-order valence-corrected chi connectivity index (χ3v) is 14.0. The van der Waals surface area contributed by atoms with Gasteiger partial charge in [-0.2, -0.15) is 0 Å². The van der Waals surface area contributed by atoms with Crippen LogP contribution in [0.15, 0.2) is 207 Å². The molecule has 2 aliphatic carbocycles. The molecule has 0 fully saturated rings. The van der Waals surface area contributed by atoms with E-state index in [9.17, 15) is 0 Å². The number of nitrogens with zero attached hydrogens (tertiary/aromatic N) is 4. The minimum atomic E-state index is -0.650. The quantitative estimate of drug-likeness (QED) is 0.178. The first-order chi connectivity index (χ1) is 30.7. The Balaban J connectivity index is 1.10. The first-order valence-electron chi connectivity index (χ1n) is 20.9. The minimum Gasteiger partial charge on any atom is -0.264 e. The molecule has 7 aromatic carbocycles. The van der Waals surface area contributed by atoms with Gasteiger partial charge in [0.25, 0.3) is 0 Å². The van der Waals surface area contributed by atoms with E-state index in [1.54, 1.807) is 6.20 Å². The average Bonchev–Trinajstić information content (AvgIpc) is 3.82. The molecule has 4 aromatic heterocycles. The normalized spacial score (nSPS) is 14.5. The number of aromatic nitrogens is 4. The van der Waals surface area contributed by atoms with Crippen molar-refractivity contribution in [1.82, 2.24) is 19.9 Å². The van der Waals surface area contributed by atoms with Gasteiger partial charge in [-0.05, 0) is 110 Å². The molecular formula is C57H34N4S. The van der Waals surface area contributed by atoms with E-state index in [2.05, 4.69) is 169 Å². The molecule has 0 N–H and O–H groups in total. The Hall–Kier alpha value is -7.86. The molecule has 0 saturated carbocycles. The predicted molar refractivity (Wildman–Crippen MR) is 254 cm³/mol. The Bertz CT molecular complexity index is 3580. The van der Waals surface area contributed by atoms with Gasteiger partial charge in [-0.15, -0.1) is 11.3 Å². The Labute approximate surface area is 362 Å². The Morgan fingerprint density at radius 2 is 0.968 bits per heavy atom. The van der Waals surface area contributed by atoms with E-state index >= 15 is 0 Å². The van der Waals surface area contributed by atoms with Gasteiger partial charge in [0.1, 0.15) is 0 Å². The summed E-state index contributed by atoms with van der Waals surface area (Å²) in [6, 6.07) is 68.3. The molecule has 2 aliphatic rings. The van der Waals surface area contributed by atoms with Gasteiger partial charge in [0, 0.05) is 61.0 Å². The topological polar surface area (TPSA) is 51.6 Å². The molecule has 4 heterocycles. The second-order valence-corrected chi connectivity index (χ2v) is 17.2. The molecule has 5 heteroatoms. The molecule has 4 nitrogen and oxygen atoms in total. The summed E-state index contributed by atoms with van der Waals surface area (Å²) in [6.07, 6.45) is 5.53. The van der Waals surface area contributed by atoms with Crippen LogP contribution in [0.1, 0.15) is 22.3 Å². The summed E-state index contributed by atoms with van der Waals surface area (Å²) in [4.78, 5) is 19.9. The number of benzene rings is 7. The Kier molecular flexibility index (Phi) is 7.66. The maximum absolute atomic E-state index is 5.37. The zero-order chi connectivity index (χ0) is 40.8. The number of hydrogen-bond acceptors (Lipinski definition) is 5. The fraction of sp³-hybridized carbons (Fsp3) is 0.0175. The van der Waals surface area contributed by atoms with Crippen LogP contribution in [0.3, 0.4) is 0 Å². The summed E-state index contributed by atoms with van der Waals surface area (Å²) in [5.74, 6) is 0.660. The molecule has 13 rings (SSSR count). The second kappa shape index (κ2) is 13.6. The highest BCUT2D eigenvalue weighted by atomic mass is 32.1. The highest BCUT2D eigenvalue weighted by Gasteiger charge is 2.50. The van der Waals surface area contributed by atoms with Gasteiger partial charge in [-0.3, -0.25) is 9.97 Å². The van der Waals surface area contributed by atoms with Crippen LogP contribution in [-0.4, -0.2) is 19.9 Å². The van der Waals surface area contributed by atoms with Crippen molar-refractivity contribution in [2.24, 2.45) is 0 Å². The minimum absolute atomic E-state index is 0.650. The van der Waals surface area contributed by atoms with Gasteiger partial charge in [0.05, 0.1) is 22.5 Å². The molecular weight excluding hydrogens is 773 g/mol. The molecule has 0 saturated heterocycles. The van der Waals surface area contributed by atoms with Crippen LogP contribution in [0.2, 0.25) is 0 Å². The van der Waals surface area contributed by atoms with E-state index in [1.165, 1.54) is 75.8 Å². The standard InChI is InChI=1S/C57H34N4S/c1-2-13-35(14-3-1)52-32-53(38-25-27-51(59-34-38)37-15-12-28-58-33-37)61-56(60-52)36-24-26-43-40-17-5-4-16-39(40)41-18-6-9-21-47(41)57(49(43)29-36)48-22-10-7-19-42(48)45-30-46-44-20-8-11-23-54(44)62-55(46)31-50(45)57/h1-34H. The van der Waals surface area contributed by atoms with Crippen molar-refractivity contribution in [3.8, 4) is 78.5 Å². The summed E-state index contributed by atoms with van der Waals surface area (Å²) in [7, 11) is 0. The fourth-order valence-electron chi connectivity index (χ4n) is 10.2. The van der Waals surface area contributed by atoms with E-state index in [0.29, 0.717) is 5.82 Å². The number of pyridine rings is 2. The summed E-state index contributed by atoms with van der Waals surface area (Å²) < 4.78 is 2.60. The Morgan fingerprint density at radius 1 is 0.355 bits per heavy atom. The lowest BCUT2D eigenvalue weighted by Crippen LogP contribution is -2.29. The van der Waals surface area contributed by atoms with Crippen LogP contribution < -0.4 is 0 Å². The van der Waals surface area contributed by atoms with Gasteiger partial charge in [0.15, 0.2) is 5.82 Å². The third kappa shape index (κ3) is 5.12. The first kappa shape index (κ1) is 34.9. The average molecular weight is 807 g/mol. The number of fused-ring (bicyclic) bond motifs is 15. The fourth-order valence-corrected chi connectivity index (χ4v) is 11.3. The molecule has 1 unspecified atom stereocenters.